The fourth-order valence-corrected chi connectivity index (χ4v) is 3.35. The SMILES string of the molecule is Cc1ccc2nc(Cn3ccc4c(-c5cc[nH]n5)cncc4c3=O)cn2c1. The molecule has 0 spiro atoms. The number of fused-ring (bicyclic) bond motifs is 2. The van der Waals surface area contributed by atoms with E-state index in [1.165, 1.54) is 0 Å². The Balaban J connectivity index is 1.59. The van der Waals surface area contributed by atoms with Crippen LogP contribution in [0.1, 0.15) is 11.3 Å². The van der Waals surface area contributed by atoms with E-state index < -0.39 is 0 Å². The molecule has 0 unspecified atom stereocenters. The number of aromatic amines is 1. The lowest BCUT2D eigenvalue weighted by atomic mass is 10.1. The van der Waals surface area contributed by atoms with Gasteiger partial charge in [-0.15, -0.1) is 0 Å². The molecule has 1 N–H and O–H groups in total. The van der Waals surface area contributed by atoms with Crippen LogP contribution in [0.15, 0.2) is 66.2 Å². The number of imidazole rings is 1. The number of H-pyrrole nitrogens is 1. The Hall–Kier alpha value is -3.74. The Bertz CT molecular complexity index is 1330. The molecule has 0 aliphatic rings. The highest BCUT2D eigenvalue weighted by Gasteiger charge is 2.11. The predicted octanol–water partition coefficient (Wildman–Crippen LogP) is 2.79. The van der Waals surface area contributed by atoms with Crippen molar-refractivity contribution in [3.63, 3.8) is 0 Å². The summed E-state index contributed by atoms with van der Waals surface area (Å²) in [4.78, 5) is 21.8. The van der Waals surface area contributed by atoms with Crippen molar-refractivity contribution in [2.24, 2.45) is 0 Å². The van der Waals surface area contributed by atoms with Gasteiger partial charge in [0.25, 0.3) is 5.56 Å². The van der Waals surface area contributed by atoms with Crippen LogP contribution in [0.25, 0.3) is 27.7 Å². The summed E-state index contributed by atoms with van der Waals surface area (Å²) in [5.74, 6) is 0. The van der Waals surface area contributed by atoms with E-state index in [2.05, 4.69) is 20.2 Å². The molecule has 27 heavy (non-hydrogen) atoms. The lowest BCUT2D eigenvalue weighted by molar-refractivity contribution is 0.752. The highest BCUT2D eigenvalue weighted by Crippen LogP contribution is 2.24. The number of hydrogen-bond donors (Lipinski definition) is 1. The van der Waals surface area contributed by atoms with Gasteiger partial charge in [-0.05, 0) is 30.7 Å². The molecule has 0 fully saturated rings. The molecular weight excluding hydrogens is 340 g/mol. The van der Waals surface area contributed by atoms with E-state index in [1.54, 1.807) is 29.4 Å². The molecule has 5 aromatic heterocycles. The predicted molar refractivity (Wildman–Crippen MR) is 103 cm³/mol. The first-order valence-corrected chi connectivity index (χ1v) is 8.60. The van der Waals surface area contributed by atoms with Gasteiger partial charge in [-0.2, -0.15) is 5.10 Å². The summed E-state index contributed by atoms with van der Waals surface area (Å²) in [6, 6.07) is 7.79. The van der Waals surface area contributed by atoms with E-state index >= 15 is 0 Å². The Morgan fingerprint density at radius 1 is 1.07 bits per heavy atom. The van der Waals surface area contributed by atoms with Gasteiger partial charge in [0.2, 0.25) is 0 Å². The highest BCUT2D eigenvalue weighted by molar-refractivity contribution is 5.94. The minimum atomic E-state index is -0.0920. The van der Waals surface area contributed by atoms with Gasteiger partial charge in [-0.25, -0.2) is 4.98 Å². The van der Waals surface area contributed by atoms with Crippen LogP contribution in [0.5, 0.6) is 0 Å². The van der Waals surface area contributed by atoms with Crippen LogP contribution in [0.3, 0.4) is 0 Å². The zero-order chi connectivity index (χ0) is 18.4. The fraction of sp³-hybridized carbons (Fsp3) is 0.100. The van der Waals surface area contributed by atoms with Crippen LogP contribution in [-0.2, 0) is 6.54 Å². The topological polar surface area (TPSA) is 80.9 Å². The Labute approximate surface area is 154 Å². The second-order valence-corrected chi connectivity index (χ2v) is 6.56. The Morgan fingerprint density at radius 3 is 2.85 bits per heavy atom. The summed E-state index contributed by atoms with van der Waals surface area (Å²) in [5, 5.41) is 8.40. The molecule has 0 bridgehead atoms. The number of nitrogens with zero attached hydrogens (tertiary/aromatic N) is 5. The van der Waals surface area contributed by atoms with Crippen LogP contribution < -0.4 is 5.56 Å². The quantitative estimate of drug-likeness (QED) is 0.539. The molecule has 5 rings (SSSR count). The maximum atomic E-state index is 13.0. The van der Waals surface area contributed by atoms with Crippen molar-refractivity contribution in [1.29, 1.82) is 0 Å². The van der Waals surface area contributed by atoms with Gasteiger partial charge < -0.3 is 8.97 Å². The Kier molecular flexibility index (Phi) is 3.39. The number of hydrogen-bond acceptors (Lipinski definition) is 4. The summed E-state index contributed by atoms with van der Waals surface area (Å²) >= 11 is 0. The fourth-order valence-electron chi connectivity index (χ4n) is 3.35. The zero-order valence-electron chi connectivity index (χ0n) is 14.6. The number of aryl methyl sites for hydroxylation is 1. The van der Waals surface area contributed by atoms with Crippen molar-refractivity contribution >= 4 is 16.4 Å². The van der Waals surface area contributed by atoms with Crippen LogP contribution in [0.4, 0.5) is 0 Å². The maximum absolute atomic E-state index is 13.0. The third-order valence-electron chi connectivity index (χ3n) is 4.66. The van der Waals surface area contributed by atoms with E-state index in [4.69, 9.17) is 0 Å². The molecule has 0 saturated carbocycles. The minimum Gasteiger partial charge on any atom is -0.309 e. The van der Waals surface area contributed by atoms with E-state index in [1.807, 2.05) is 48.0 Å². The lowest BCUT2D eigenvalue weighted by Gasteiger charge is -2.07. The van der Waals surface area contributed by atoms with Crippen molar-refractivity contribution in [2.75, 3.05) is 0 Å². The van der Waals surface area contributed by atoms with E-state index in [9.17, 15) is 4.79 Å². The molecule has 0 aliphatic heterocycles. The van der Waals surface area contributed by atoms with Gasteiger partial charge in [0.15, 0.2) is 0 Å². The molecule has 0 atom stereocenters. The summed E-state index contributed by atoms with van der Waals surface area (Å²) < 4.78 is 3.64. The molecule has 0 aromatic carbocycles. The van der Waals surface area contributed by atoms with Crippen molar-refractivity contribution in [3.8, 4) is 11.3 Å². The number of rotatable bonds is 3. The number of pyridine rings is 3. The molecule has 132 valence electrons. The van der Waals surface area contributed by atoms with Gasteiger partial charge in [0.1, 0.15) is 5.65 Å². The first-order valence-electron chi connectivity index (χ1n) is 8.60. The van der Waals surface area contributed by atoms with Crippen molar-refractivity contribution in [2.45, 2.75) is 13.5 Å². The van der Waals surface area contributed by atoms with Crippen LogP contribution in [0, 0.1) is 6.92 Å². The summed E-state index contributed by atoms with van der Waals surface area (Å²) in [6.07, 6.45) is 10.9. The third kappa shape index (κ3) is 2.60. The standard InChI is InChI=1S/C20H16N6O/c1-13-2-3-19-23-14(12-26(19)10-13)11-25-7-5-15-16(18-4-6-22-24-18)8-21-9-17(15)20(25)27/h2-10,12H,11H2,1H3,(H,22,24). The van der Waals surface area contributed by atoms with Crippen LogP contribution in [-0.4, -0.2) is 29.1 Å². The molecule has 0 saturated heterocycles. The summed E-state index contributed by atoms with van der Waals surface area (Å²) in [7, 11) is 0. The third-order valence-corrected chi connectivity index (χ3v) is 4.66. The van der Waals surface area contributed by atoms with Crippen LogP contribution >= 0.6 is 0 Å². The first kappa shape index (κ1) is 15.5. The monoisotopic (exact) mass is 356 g/mol. The molecule has 7 nitrogen and oxygen atoms in total. The molecule has 5 aromatic rings. The normalized spacial score (nSPS) is 11.4. The second-order valence-electron chi connectivity index (χ2n) is 6.56. The minimum absolute atomic E-state index is 0.0920. The van der Waals surface area contributed by atoms with Crippen molar-refractivity contribution in [3.05, 3.63) is 83.1 Å². The van der Waals surface area contributed by atoms with E-state index in [0.29, 0.717) is 11.9 Å². The van der Waals surface area contributed by atoms with Gasteiger partial charge in [0.05, 0.1) is 23.3 Å². The average molecular weight is 356 g/mol. The molecule has 0 aliphatic carbocycles. The van der Waals surface area contributed by atoms with Gasteiger partial charge in [-0.3, -0.25) is 14.9 Å². The maximum Gasteiger partial charge on any atom is 0.260 e. The van der Waals surface area contributed by atoms with E-state index in [0.717, 1.165) is 33.5 Å². The summed E-state index contributed by atoms with van der Waals surface area (Å²) in [6.45, 7) is 2.44. The Morgan fingerprint density at radius 2 is 2.00 bits per heavy atom. The van der Waals surface area contributed by atoms with Crippen molar-refractivity contribution < 1.29 is 0 Å². The first-order chi connectivity index (χ1) is 13.2. The zero-order valence-corrected chi connectivity index (χ0v) is 14.6. The second kappa shape index (κ2) is 5.91. The van der Waals surface area contributed by atoms with Crippen molar-refractivity contribution in [1.82, 2.24) is 29.1 Å². The number of aromatic nitrogens is 6. The van der Waals surface area contributed by atoms with Gasteiger partial charge in [0, 0.05) is 48.1 Å². The largest absolute Gasteiger partial charge is 0.309 e. The lowest BCUT2D eigenvalue weighted by Crippen LogP contribution is -2.20. The molecule has 7 heteroatoms. The smallest absolute Gasteiger partial charge is 0.260 e. The average Bonchev–Trinajstić information content (AvgIpc) is 3.33. The van der Waals surface area contributed by atoms with Gasteiger partial charge >= 0.3 is 0 Å². The molecular formula is C20H16N6O. The van der Waals surface area contributed by atoms with E-state index in [-0.39, 0.29) is 5.56 Å². The molecule has 0 radical (unpaired) electrons. The van der Waals surface area contributed by atoms with Gasteiger partial charge in [-0.1, -0.05) is 6.07 Å². The summed E-state index contributed by atoms with van der Waals surface area (Å²) in [5.41, 5.74) is 4.37. The molecule has 5 heterocycles. The van der Waals surface area contributed by atoms with Crippen LogP contribution in [0.2, 0.25) is 0 Å². The highest BCUT2D eigenvalue weighted by atomic mass is 16.1. The number of nitrogens with one attached hydrogen (secondary N) is 1. The molecule has 0 amide bonds.